The van der Waals surface area contributed by atoms with Gasteiger partial charge in [0.05, 0.1) is 18.2 Å². The Hall–Kier alpha value is -2.28. The molecule has 0 aliphatic carbocycles. The molecule has 1 aromatic carbocycles. The lowest BCUT2D eigenvalue weighted by atomic mass is 9.82. The van der Waals surface area contributed by atoms with Crippen molar-refractivity contribution < 1.29 is 14.3 Å². The number of aliphatic hydroxyl groups is 1. The predicted octanol–water partition coefficient (Wildman–Crippen LogP) is 2.99. The molecule has 1 N–H and O–H groups in total. The first kappa shape index (κ1) is 18.7. The van der Waals surface area contributed by atoms with E-state index in [-0.39, 0.29) is 23.8 Å². The third-order valence-corrected chi connectivity index (χ3v) is 6.69. The number of amides is 1. The summed E-state index contributed by atoms with van der Waals surface area (Å²) in [6.45, 7) is 3.60. The van der Waals surface area contributed by atoms with Gasteiger partial charge in [0.25, 0.3) is 5.91 Å². The zero-order chi connectivity index (χ0) is 20.2. The first-order valence-corrected chi connectivity index (χ1v) is 10.3. The van der Waals surface area contributed by atoms with E-state index in [1.165, 1.54) is 0 Å². The third kappa shape index (κ3) is 3.16. The van der Waals surface area contributed by atoms with Gasteiger partial charge in [-0.05, 0) is 24.1 Å². The van der Waals surface area contributed by atoms with Crippen LogP contribution >= 0.6 is 11.6 Å². The van der Waals surface area contributed by atoms with Crippen molar-refractivity contribution in [3.63, 3.8) is 0 Å². The Labute approximate surface area is 174 Å². The SMILES string of the molecule is Cn1cc(Cl)cc1C(=O)N1CC2CN(Cc3cc4ccccc4o3)CC2(CO)C1. The van der Waals surface area contributed by atoms with Gasteiger partial charge in [-0.2, -0.15) is 0 Å². The maximum atomic E-state index is 13.0. The molecule has 2 fully saturated rings. The van der Waals surface area contributed by atoms with Crippen molar-refractivity contribution in [3.05, 3.63) is 59.1 Å². The number of furan rings is 1. The van der Waals surface area contributed by atoms with Crippen molar-refractivity contribution in [1.29, 1.82) is 0 Å². The van der Waals surface area contributed by atoms with E-state index in [1.807, 2.05) is 30.1 Å². The van der Waals surface area contributed by atoms with Crippen molar-refractivity contribution in [2.45, 2.75) is 6.54 Å². The Balaban J connectivity index is 1.30. The number of benzene rings is 1. The highest BCUT2D eigenvalue weighted by Crippen LogP contribution is 2.43. The highest BCUT2D eigenvalue weighted by Gasteiger charge is 2.53. The van der Waals surface area contributed by atoms with E-state index in [0.29, 0.717) is 30.4 Å². The van der Waals surface area contributed by atoms with Gasteiger partial charge in [0.15, 0.2) is 0 Å². The minimum atomic E-state index is -0.281. The molecule has 152 valence electrons. The molecule has 0 saturated carbocycles. The molecule has 7 heteroatoms. The van der Waals surface area contributed by atoms with Crippen LogP contribution in [0.2, 0.25) is 5.02 Å². The minimum absolute atomic E-state index is 0.0227. The van der Waals surface area contributed by atoms with E-state index in [2.05, 4.69) is 17.0 Å². The number of halogens is 1. The first-order valence-electron chi connectivity index (χ1n) is 9.89. The first-order chi connectivity index (χ1) is 14.0. The lowest BCUT2D eigenvalue weighted by molar-refractivity contribution is 0.0708. The number of aryl methyl sites for hydroxylation is 1. The third-order valence-electron chi connectivity index (χ3n) is 6.48. The van der Waals surface area contributed by atoms with Gasteiger partial charge >= 0.3 is 0 Å². The summed E-state index contributed by atoms with van der Waals surface area (Å²) in [4.78, 5) is 17.2. The quantitative estimate of drug-likeness (QED) is 0.714. The van der Waals surface area contributed by atoms with Crippen LogP contribution in [-0.4, -0.2) is 58.2 Å². The summed E-state index contributed by atoms with van der Waals surface area (Å²) in [7, 11) is 1.83. The van der Waals surface area contributed by atoms with Gasteiger partial charge in [-0.3, -0.25) is 9.69 Å². The van der Waals surface area contributed by atoms with Crippen LogP contribution in [0.25, 0.3) is 11.0 Å². The van der Waals surface area contributed by atoms with Crippen LogP contribution < -0.4 is 0 Å². The Bertz CT molecular complexity index is 1040. The van der Waals surface area contributed by atoms with E-state index in [4.69, 9.17) is 16.0 Å². The maximum Gasteiger partial charge on any atom is 0.270 e. The van der Waals surface area contributed by atoms with Gasteiger partial charge in [-0.25, -0.2) is 0 Å². The fraction of sp³-hybridized carbons (Fsp3) is 0.409. The molecule has 2 aromatic heterocycles. The molecule has 3 aromatic rings. The van der Waals surface area contributed by atoms with Gasteiger partial charge in [0.1, 0.15) is 17.0 Å². The molecule has 2 aliphatic rings. The molecule has 0 radical (unpaired) electrons. The number of nitrogens with zero attached hydrogens (tertiary/aromatic N) is 3. The van der Waals surface area contributed by atoms with Gasteiger partial charge in [0.2, 0.25) is 0 Å². The second-order valence-corrected chi connectivity index (χ2v) is 8.91. The van der Waals surface area contributed by atoms with Crippen molar-refractivity contribution >= 4 is 28.5 Å². The lowest BCUT2D eigenvalue weighted by Gasteiger charge is -2.27. The molecular formula is C22H24ClN3O3. The number of para-hydroxylation sites is 1. The van der Waals surface area contributed by atoms with Crippen LogP contribution in [-0.2, 0) is 13.6 Å². The molecular weight excluding hydrogens is 390 g/mol. The Morgan fingerprint density at radius 3 is 2.79 bits per heavy atom. The summed E-state index contributed by atoms with van der Waals surface area (Å²) in [5, 5.41) is 11.9. The number of rotatable bonds is 4. The summed E-state index contributed by atoms with van der Waals surface area (Å²) in [5.41, 5.74) is 1.20. The Morgan fingerprint density at radius 2 is 2.10 bits per heavy atom. The fourth-order valence-corrected chi connectivity index (χ4v) is 5.27. The summed E-state index contributed by atoms with van der Waals surface area (Å²) < 4.78 is 7.73. The van der Waals surface area contributed by atoms with Crippen LogP contribution in [0.4, 0.5) is 0 Å². The largest absolute Gasteiger partial charge is 0.460 e. The number of carbonyl (C=O) groups excluding carboxylic acids is 1. The average molecular weight is 414 g/mol. The smallest absolute Gasteiger partial charge is 0.270 e. The molecule has 2 atom stereocenters. The average Bonchev–Trinajstić information content (AvgIpc) is 3.41. The van der Waals surface area contributed by atoms with Crippen LogP contribution in [0.15, 0.2) is 47.0 Å². The molecule has 6 nitrogen and oxygen atoms in total. The van der Waals surface area contributed by atoms with E-state index in [0.717, 1.165) is 29.8 Å². The summed E-state index contributed by atoms with van der Waals surface area (Å²) in [6, 6.07) is 11.8. The molecule has 2 unspecified atom stereocenters. The van der Waals surface area contributed by atoms with Crippen molar-refractivity contribution in [2.75, 3.05) is 32.8 Å². The van der Waals surface area contributed by atoms with Crippen LogP contribution in [0, 0.1) is 11.3 Å². The summed E-state index contributed by atoms with van der Waals surface area (Å²) >= 11 is 6.05. The number of fused-ring (bicyclic) bond motifs is 2. The Kier molecular flexibility index (Phi) is 4.46. The molecule has 4 heterocycles. The van der Waals surface area contributed by atoms with Crippen molar-refractivity contribution in [1.82, 2.24) is 14.4 Å². The fourth-order valence-electron chi connectivity index (χ4n) is 5.02. The Morgan fingerprint density at radius 1 is 1.28 bits per heavy atom. The lowest BCUT2D eigenvalue weighted by Crippen LogP contribution is -2.39. The number of hydrogen-bond donors (Lipinski definition) is 1. The number of carbonyl (C=O) groups is 1. The topological polar surface area (TPSA) is 61.9 Å². The van der Waals surface area contributed by atoms with E-state index in [9.17, 15) is 9.90 Å². The second kappa shape index (κ2) is 6.90. The number of hydrogen-bond acceptors (Lipinski definition) is 4. The highest BCUT2D eigenvalue weighted by molar-refractivity contribution is 6.31. The highest BCUT2D eigenvalue weighted by atomic mass is 35.5. The second-order valence-electron chi connectivity index (χ2n) is 8.48. The van der Waals surface area contributed by atoms with Crippen molar-refractivity contribution in [2.24, 2.45) is 18.4 Å². The van der Waals surface area contributed by atoms with Gasteiger partial charge < -0.3 is 19.0 Å². The number of aromatic nitrogens is 1. The zero-order valence-electron chi connectivity index (χ0n) is 16.3. The maximum absolute atomic E-state index is 13.0. The number of likely N-dealkylation sites (tertiary alicyclic amines) is 2. The standard InChI is InChI=1S/C22H24ClN3O3/c1-24-10-17(23)7-19(24)21(28)26-9-16-8-25(12-22(16,13-26)14-27)11-18-6-15-4-2-3-5-20(15)29-18/h2-7,10,16,27H,8-9,11-14H2,1H3. The van der Waals surface area contributed by atoms with Crippen LogP contribution in [0.3, 0.4) is 0 Å². The summed E-state index contributed by atoms with van der Waals surface area (Å²) in [6.07, 6.45) is 1.74. The predicted molar refractivity (Wildman–Crippen MR) is 111 cm³/mol. The van der Waals surface area contributed by atoms with E-state index < -0.39 is 0 Å². The number of aliphatic hydroxyl groups excluding tert-OH is 1. The van der Waals surface area contributed by atoms with Crippen LogP contribution in [0.1, 0.15) is 16.2 Å². The van der Waals surface area contributed by atoms with Gasteiger partial charge in [0, 0.05) is 50.2 Å². The molecule has 0 bridgehead atoms. The van der Waals surface area contributed by atoms with E-state index in [1.54, 1.807) is 16.8 Å². The van der Waals surface area contributed by atoms with Gasteiger partial charge in [-0.15, -0.1) is 0 Å². The van der Waals surface area contributed by atoms with Gasteiger partial charge in [-0.1, -0.05) is 29.8 Å². The minimum Gasteiger partial charge on any atom is -0.460 e. The molecule has 5 rings (SSSR count). The van der Waals surface area contributed by atoms with Crippen molar-refractivity contribution in [3.8, 4) is 0 Å². The molecule has 2 saturated heterocycles. The normalized spacial score (nSPS) is 24.5. The molecule has 1 amide bonds. The zero-order valence-corrected chi connectivity index (χ0v) is 17.1. The molecule has 0 spiro atoms. The molecule has 29 heavy (non-hydrogen) atoms. The van der Waals surface area contributed by atoms with Crippen LogP contribution in [0.5, 0.6) is 0 Å². The molecule has 2 aliphatic heterocycles. The monoisotopic (exact) mass is 413 g/mol. The van der Waals surface area contributed by atoms with E-state index >= 15 is 0 Å². The summed E-state index contributed by atoms with van der Waals surface area (Å²) in [5.74, 6) is 1.16.